The van der Waals surface area contributed by atoms with Crippen molar-refractivity contribution in [2.75, 3.05) is 0 Å². The first-order chi connectivity index (χ1) is 6.27. The van der Waals surface area contributed by atoms with E-state index in [1.807, 2.05) is 6.07 Å². The molecule has 1 aliphatic carbocycles. The molecule has 0 spiro atoms. The van der Waals surface area contributed by atoms with Crippen LogP contribution in [0.25, 0.3) is 0 Å². The monoisotopic (exact) mass is 174 g/mol. The van der Waals surface area contributed by atoms with Crippen molar-refractivity contribution in [3.63, 3.8) is 0 Å². The minimum atomic E-state index is -0.717. The van der Waals surface area contributed by atoms with Gasteiger partial charge in [-0.3, -0.25) is 4.79 Å². The highest BCUT2D eigenvalue weighted by Crippen LogP contribution is 2.33. The molecule has 0 aromatic heterocycles. The molecule has 13 heavy (non-hydrogen) atoms. The molecule has 1 N–H and O–H groups in total. The third-order valence-corrected chi connectivity index (χ3v) is 2.52. The van der Waals surface area contributed by atoms with E-state index in [1.165, 1.54) is 0 Å². The quantitative estimate of drug-likeness (QED) is 0.742. The van der Waals surface area contributed by atoms with Gasteiger partial charge in [0, 0.05) is 5.56 Å². The molecule has 1 aromatic rings. The largest absolute Gasteiger partial charge is 0.481 e. The maximum Gasteiger partial charge on any atom is 0.303 e. The van der Waals surface area contributed by atoms with Gasteiger partial charge in [0.15, 0.2) is 0 Å². The van der Waals surface area contributed by atoms with E-state index < -0.39 is 5.97 Å². The van der Waals surface area contributed by atoms with E-state index in [0.717, 1.165) is 24.0 Å². The SMILES string of the molecule is O=C(O)CC1CCc2c#cccc21. The van der Waals surface area contributed by atoms with Gasteiger partial charge in [-0.05, 0) is 36.5 Å². The summed E-state index contributed by atoms with van der Waals surface area (Å²) < 4.78 is 0. The number of carboxylic acids is 1. The van der Waals surface area contributed by atoms with Crippen LogP contribution in [0.2, 0.25) is 0 Å². The Labute approximate surface area is 77.2 Å². The summed E-state index contributed by atoms with van der Waals surface area (Å²) in [6, 6.07) is 9.70. The van der Waals surface area contributed by atoms with Gasteiger partial charge in [0.05, 0.1) is 6.42 Å². The van der Waals surface area contributed by atoms with Crippen LogP contribution in [0.5, 0.6) is 0 Å². The van der Waals surface area contributed by atoms with Gasteiger partial charge in [-0.1, -0.05) is 12.1 Å². The first-order valence-corrected chi connectivity index (χ1v) is 4.40. The molecule has 0 aliphatic heterocycles. The Hall–Kier alpha value is -1.49. The number of carboxylic acid groups (broad SMARTS) is 1. The Morgan fingerprint density at radius 2 is 2.54 bits per heavy atom. The molecule has 2 nitrogen and oxygen atoms in total. The topological polar surface area (TPSA) is 37.3 Å². The van der Waals surface area contributed by atoms with Crippen LogP contribution in [-0.4, -0.2) is 11.1 Å². The minimum Gasteiger partial charge on any atom is -0.481 e. The average Bonchev–Trinajstić information content (AvgIpc) is 2.48. The van der Waals surface area contributed by atoms with Gasteiger partial charge in [0.1, 0.15) is 0 Å². The summed E-state index contributed by atoms with van der Waals surface area (Å²) in [5.41, 5.74) is 2.30. The summed E-state index contributed by atoms with van der Waals surface area (Å²) in [4.78, 5) is 10.5. The van der Waals surface area contributed by atoms with Crippen LogP contribution in [0.3, 0.4) is 0 Å². The molecular weight excluding hydrogens is 164 g/mol. The maximum atomic E-state index is 10.5. The van der Waals surface area contributed by atoms with Crippen molar-refractivity contribution in [1.29, 1.82) is 0 Å². The summed E-state index contributed by atoms with van der Waals surface area (Å²) in [5.74, 6) is -0.524. The Balaban J connectivity index is 2.23. The van der Waals surface area contributed by atoms with Gasteiger partial charge >= 0.3 is 5.97 Å². The zero-order valence-electron chi connectivity index (χ0n) is 7.21. The van der Waals surface area contributed by atoms with Crippen molar-refractivity contribution in [3.8, 4) is 0 Å². The van der Waals surface area contributed by atoms with Crippen LogP contribution in [0.15, 0.2) is 12.1 Å². The molecule has 1 atom stereocenters. The van der Waals surface area contributed by atoms with E-state index in [9.17, 15) is 4.79 Å². The molecule has 0 saturated carbocycles. The first kappa shape index (κ1) is 8.12. The molecule has 1 aromatic carbocycles. The van der Waals surface area contributed by atoms with Crippen molar-refractivity contribution in [1.82, 2.24) is 0 Å². The van der Waals surface area contributed by atoms with E-state index in [4.69, 9.17) is 5.11 Å². The zero-order chi connectivity index (χ0) is 9.26. The van der Waals surface area contributed by atoms with Gasteiger partial charge in [0.2, 0.25) is 0 Å². The molecule has 2 heteroatoms. The predicted molar refractivity (Wildman–Crippen MR) is 47.4 cm³/mol. The van der Waals surface area contributed by atoms with Crippen LogP contribution < -0.4 is 0 Å². The van der Waals surface area contributed by atoms with E-state index in [1.54, 1.807) is 6.07 Å². The maximum absolute atomic E-state index is 10.5. The van der Waals surface area contributed by atoms with Gasteiger partial charge in [-0.15, -0.1) is 0 Å². The lowest BCUT2D eigenvalue weighted by Gasteiger charge is -2.05. The normalized spacial score (nSPS) is 19.2. The zero-order valence-corrected chi connectivity index (χ0v) is 7.21. The fourth-order valence-electron chi connectivity index (χ4n) is 1.92. The van der Waals surface area contributed by atoms with E-state index in [-0.39, 0.29) is 12.3 Å². The van der Waals surface area contributed by atoms with E-state index in [0.29, 0.717) is 0 Å². The second-order valence-electron chi connectivity index (χ2n) is 3.37. The van der Waals surface area contributed by atoms with Crippen molar-refractivity contribution >= 4 is 5.97 Å². The predicted octanol–water partition coefficient (Wildman–Crippen LogP) is 1.79. The average molecular weight is 174 g/mol. The molecule has 2 rings (SSSR count). The Kier molecular flexibility index (Phi) is 1.94. The second-order valence-corrected chi connectivity index (χ2v) is 3.37. The lowest BCUT2D eigenvalue weighted by molar-refractivity contribution is -0.137. The number of hydrogen-bond donors (Lipinski definition) is 1. The highest BCUT2D eigenvalue weighted by atomic mass is 16.4. The second kappa shape index (κ2) is 3.10. The third-order valence-electron chi connectivity index (χ3n) is 2.52. The smallest absolute Gasteiger partial charge is 0.303 e. The van der Waals surface area contributed by atoms with Gasteiger partial charge in [0.25, 0.3) is 0 Å². The molecule has 1 aliphatic rings. The molecular formula is C11H10O2. The molecule has 0 bridgehead atoms. The fourth-order valence-corrected chi connectivity index (χ4v) is 1.92. The Bertz CT molecular complexity index is 331. The fraction of sp³-hybridized carbons (Fsp3) is 0.364. The van der Waals surface area contributed by atoms with Gasteiger partial charge < -0.3 is 5.11 Å². The number of rotatable bonds is 2. The summed E-state index contributed by atoms with van der Waals surface area (Å²) in [6.07, 6.45) is 2.13. The van der Waals surface area contributed by atoms with Crippen LogP contribution >= 0.6 is 0 Å². The molecule has 0 saturated heterocycles. The molecule has 0 heterocycles. The highest BCUT2D eigenvalue weighted by Gasteiger charge is 2.23. The van der Waals surface area contributed by atoms with Crippen LogP contribution in [0.4, 0.5) is 0 Å². The first-order valence-electron chi connectivity index (χ1n) is 4.40. The van der Waals surface area contributed by atoms with Crippen molar-refractivity contribution < 1.29 is 9.90 Å². The van der Waals surface area contributed by atoms with E-state index >= 15 is 0 Å². The van der Waals surface area contributed by atoms with Gasteiger partial charge in [-0.2, -0.15) is 0 Å². The summed E-state index contributed by atoms with van der Waals surface area (Å²) in [7, 11) is 0. The molecule has 0 fully saturated rings. The Morgan fingerprint density at radius 3 is 3.31 bits per heavy atom. The molecule has 0 radical (unpaired) electrons. The van der Waals surface area contributed by atoms with Crippen LogP contribution in [0, 0.1) is 12.1 Å². The Morgan fingerprint density at radius 1 is 1.69 bits per heavy atom. The standard InChI is InChI=1S/C11H10O2/c12-11(13)7-9-6-5-8-3-1-2-4-10(8)9/h2,4,9H,5-7H2,(H,12,13). The summed E-state index contributed by atoms with van der Waals surface area (Å²) >= 11 is 0. The lowest BCUT2D eigenvalue weighted by atomic mass is 9.99. The van der Waals surface area contributed by atoms with E-state index in [2.05, 4.69) is 12.1 Å². The van der Waals surface area contributed by atoms with Crippen molar-refractivity contribution in [2.45, 2.75) is 25.2 Å². The van der Waals surface area contributed by atoms with Gasteiger partial charge in [-0.25, -0.2) is 0 Å². The number of aliphatic carboxylic acids is 1. The molecule has 66 valence electrons. The number of fused-ring (bicyclic) bond motifs is 1. The molecule has 0 amide bonds. The number of carbonyl (C=O) groups is 1. The third kappa shape index (κ3) is 1.50. The van der Waals surface area contributed by atoms with Crippen molar-refractivity contribution in [3.05, 3.63) is 35.4 Å². The molecule has 1 unspecified atom stereocenters. The van der Waals surface area contributed by atoms with Crippen molar-refractivity contribution in [2.24, 2.45) is 0 Å². The summed E-state index contributed by atoms with van der Waals surface area (Å²) in [5, 5.41) is 8.68. The van der Waals surface area contributed by atoms with Crippen LogP contribution in [0.1, 0.15) is 29.9 Å². The minimum absolute atomic E-state index is 0.193. The number of hydrogen-bond acceptors (Lipinski definition) is 1. The summed E-state index contributed by atoms with van der Waals surface area (Å²) in [6.45, 7) is 0. The lowest BCUT2D eigenvalue weighted by Crippen LogP contribution is -2.02. The van der Waals surface area contributed by atoms with Crippen LogP contribution in [-0.2, 0) is 11.2 Å². The highest BCUT2D eigenvalue weighted by molar-refractivity contribution is 5.68.